The van der Waals surface area contributed by atoms with Crippen LogP contribution in [0.2, 0.25) is 6.04 Å². The number of carbonyl (C=O) groups excluding carboxylic acids is 1. The van der Waals surface area contributed by atoms with Gasteiger partial charge in [0.1, 0.15) is 0 Å². The molecule has 2 nitrogen and oxygen atoms in total. The topological polar surface area (TPSA) is 37.3 Å². The van der Waals surface area contributed by atoms with Crippen LogP contribution < -0.4 is 0 Å². The molecule has 0 bridgehead atoms. The maximum atomic E-state index is 10.3. The second-order valence-corrected chi connectivity index (χ2v) is 3.63. The molecule has 0 saturated carbocycles. The van der Waals surface area contributed by atoms with Gasteiger partial charge in [-0.1, -0.05) is 6.08 Å². The quantitative estimate of drug-likeness (QED) is 0.426. The van der Waals surface area contributed by atoms with Crippen molar-refractivity contribution in [3.8, 4) is 0 Å². The van der Waals surface area contributed by atoms with Crippen LogP contribution in [0.4, 0.5) is 0 Å². The minimum atomic E-state index is -1.89. The first kappa shape index (κ1) is 4.74. The number of hydrogen-bond acceptors (Lipinski definition) is 2. The van der Waals surface area contributed by atoms with Gasteiger partial charge in [0.15, 0.2) is 5.41 Å². The number of allylic oxidation sites excluding steroid dienone is 2. The van der Waals surface area contributed by atoms with Crippen LogP contribution in [0, 0.1) is 0 Å². The van der Waals surface area contributed by atoms with E-state index in [1.807, 2.05) is 0 Å². The molecule has 1 aliphatic heterocycles. The average Bonchev–Trinajstić information content (AvgIpc) is 1.91. The molecule has 38 valence electrons. The van der Waals surface area contributed by atoms with Crippen molar-refractivity contribution in [2.75, 3.05) is 0 Å². The standard InChI is InChI=1S/C4H6O2Si/c5-4-2-1-3-7(4)6/h1-2,6-7H,3H2. The Morgan fingerprint density at radius 2 is 2.57 bits per heavy atom. The van der Waals surface area contributed by atoms with E-state index in [-0.39, 0.29) is 5.41 Å². The molecule has 0 amide bonds. The summed E-state index contributed by atoms with van der Waals surface area (Å²) in [6, 6.07) is 0.638. The normalized spacial score (nSPS) is 29.3. The second-order valence-electron chi connectivity index (χ2n) is 1.56. The van der Waals surface area contributed by atoms with E-state index in [4.69, 9.17) is 4.80 Å². The van der Waals surface area contributed by atoms with Crippen molar-refractivity contribution in [2.45, 2.75) is 6.04 Å². The monoisotopic (exact) mass is 114 g/mol. The first-order chi connectivity index (χ1) is 3.30. The van der Waals surface area contributed by atoms with Gasteiger partial charge in [-0.25, -0.2) is 0 Å². The molecule has 0 radical (unpaired) electrons. The fourth-order valence-corrected chi connectivity index (χ4v) is 1.52. The van der Waals surface area contributed by atoms with Gasteiger partial charge >= 0.3 is 0 Å². The van der Waals surface area contributed by atoms with E-state index in [0.717, 1.165) is 0 Å². The molecule has 1 aliphatic rings. The van der Waals surface area contributed by atoms with Gasteiger partial charge < -0.3 is 4.80 Å². The second kappa shape index (κ2) is 1.59. The number of carbonyl (C=O) groups is 1. The third-order valence-electron chi connectivity index (χ3n) is 0.970. The SMILES string of the molecule is O=C1C=CC[SiH]1O. The summed E-state index contributed by atoms with van der Waals surface area (Å²) in [7, 11) is -1.89. The molecule has 7 heavy (non-hydrogen) atoms. The number of rotatable bonds is 0. The predicted molar refractivity (Wildman–Crippen MR) is 28.3 cm³/mol. The van der Waals surface area contributed by atoms with Gasteiger partial charge in [-0.05, 0) is 12.1 Å². The zero-order valence-corrected chi connectivity index (χ0v) is 4.95. The molecule has 0 aliphatic carbocycles. The molecule has 0 aromatic carbocycles. The fourth-order valence-electron chi connectivity index (χ4n) is 0.540. The maximum Gasteiger partial charge on any atom is 0.255 e. The summed E-state index contributed by atoms with van der Waals surface area (Å²) < 4.78 is 0. The molecule has 0 aromatic heterocycles. The average molecular weight is 114 g/mol. The zero-order chi connectivity index (χ0) is 5.28. The molecular formula is C4H6O2Si. The molecule has 1 N–H and O–H groups in total. The van der Waals surface area contributed by atoms with Crippen molar-refractivity contribution in [1.29, 1.82) is 0 Å². The largest absolute Gasteiger partial charge is 0.427 e. The summed E-state index contributed by atoms with van der Waals surface area (Å²) >= 11 is 0. The summed E-state index contributed by atoms with van der Waals surface area (Å²) in [5.41, 5.74) is 0. The lowest BCUT2D eigenvalue weighted by Crippen LogP contribution is -2.17. The van der Waals surface area contributed by atoms with E-state index < -0.39 is 9.04 Å². The van der Waals surface area contributed by atoms with Crippen LogP contribution in [0.3, 0.4) is 0 Å². The van der Waals surface area contributed by atoms with Crippen LogP contribution in [0.5, 0.6) is 0 Å². The summed E-state index contributed by atoms with van der Waals surface area (Å²) in [4.78, 5) is 19.0. The summed E-state index contributed by atoms with van der Waals surface area (Å²) in [6.45, 7) is 0. The minimum Gasteiger partial charge on any atom is -0.427 e. The fraction of sp³-hybridized carbons (Fsp3) is 0.250. The van der Waals surface area contributed by atoms with Crippen molar-refractivity contribution in [1.82, 2.24) is 0 Å². The highest BCUT2D eigenvalue weighted by Crippen LogP contribution is 2.00. The van der Waals surface area contributed by atoms with Gasteiger partial charge in [0.2, 0.25) is 0 Å². The summed E-state index contributed by atoms with van der Waals surface area (Å²) in [5.74, 6) is 0. The van der Waals surface area contributed by atoms with E-state index in [1.165, 1.54) is 6.08 Å². The van der Waals surface area contributed by atoms with Crippen LogP contribution >= 0.6 is 0 Å². The van der Waals surface area contributed by atoms with Gasteiger partial charge in [0, 0.05) is 0 Å². The van der Waals surface area contributed by atoms with Crippen LogP contribution in [0.1, 0.15) is 0 Å². The zero-order valence-electron chi connectivity index (χ0n) is 3.79. The molecular weight excluding hydrogens is 108 g/mol. The third-order valence-corrected chi connectivity index (χ3v) is 2.54. The number of hydrogen-bond donors (Lipinski definition) is 1. The highest BCUT2D eigenvalue weighted by Gasteiger charge is 2.17. The van der Waals surface area contributed by atoms with Crippen LogP contribution in [-0.2, 0) is 4.79 Å². The highest BCUT2D eigenvalue weighted by molar-refractivity contribution is 6.88. The van der Waals surface area contributed by atoms with Gasteiger partial charge in [0.05, 0.1) is 0 Å². The molecule has 1 atom stereocenters. The van der Waals surface area contributed by atoms with E-state index >= 15 is 0 Å². The van der Waals surface area contributed by atoms with Crippen molar-refractivity contribution in [3.05, 3.63) is 12.2 Å². The summed E-state index contributed by atoms with van der Waals surface area (Å²) in [5, 5.41) is -0.0278. The summed E-state index contributed by atoms with van der Waals surface area (Å²) in [6.07, 6.45) is 3.20. The lowest BCUT2D eigenvalue weighted by atomic mass is 10.6. The Kier molecular flexibility index (Phi) is 1.08. The lowest BCUT2D eigenvalue weighted by molar-refractivity contribution is -0.108. The molecule has 0 spiro atoms. The van der Waals surface area contributed by atoms with Gasteiger partial charge in [-0.2, -0.15) is 0 Å². The first-order valence-electron chi connectivity index (χ1n) is 2.19. The maximum absolute atomic E-state index is 10.3. The third kappa shape index (κ3) is 0.782. The van der Waals surface area contributed by atoms with E-state index in [9.17, 15) is 4.79 Å². The van der Waals surface area contributed by atoms with Gasteiger partial charge in [0.25, 0.3) is 9.04 Å². The van der Waals surface area contributed by atoms with Crippen LogP contribution in [0.25, 0.3) is 0 Å². The predicted octanol–water partition coefficient (Wildman–Crippen LogP) is -0.619. The Balaban J connectivity index is 2.62. The van der Waals surface area contributed by atoms with Gasteiger partial charge in [-0.3, -0.25) is 4.79 Å². The Labute approximate surface area is 43.2 Å². The molecule has 3 heteroatoms. The van der Waals surface area contributed by atoms with E-state index in [1.54, 1.807) is 6.08 Å². The van der Waals surface area contributed by atoms with Crippen molar-refractivity contribution < 1.29 is 9.59 Å². The Morgan fingerprint density at radius 1 is 1.86 bits per heavy atom. The Hall–Kier alpha value is -0.413. The molecule has 1 unspecified atom stereocenters. The smallest absolute Gasteiger partial charge is 0.255 e. The lowest BCUT2D eigenvalue weighted by Gasteiger charge is -1.87. The van der Waals surface area contributed by atoms with Gasteiger partial charge in [-0.15, -0.1) is 0 Å². The molecule has 0 fully saturated rings. The molecule has 1 heterocycles. The van der Waals surface area contributed by atoms with Crippen LogP contribution in [-0.4, -0.2) is 19.2 Å². The highest BCUT2D eigenvalue weighted by atomic mass is 28.3. The van der Waals surface area contributed by atoms with Crippen molar-refractivity contribution in [3.63, 3.8) is 0 Å². The van der Waals surface area contributed by atoms with Crippen LogP contribution in [0.15, 0.2) is 12.2 Å². The van der Waals surface area contributed by atoms with E-state index in [0.29, 0.717) is 6.04 Å². The molecule has 0 aromatic rings. The Morgan fingerprint density at radius 3 is 2.71 bits per heavy atom. The van der Waals surface area contributed by atoms with Crippen molar-refractivity contribution in [2.24, 2.45) is 0 Å². The van der Waals surface area contributed by atoms with Crippen molar-refractivity contribution >= 4 is 14.4 Å². The van der Waals surface area contributed by atoms with E-state index in [2.05, 4.69) is 0 Å². The molecule has 0 saturated heterocycles. The minimum absolute atomic E-state index is 0.0278. The first-order valence-corrected chi connectivity index (χ1v) is 4.10. The molecule has 1 rings (SSSR count). The Bertz CT molecular complexity index is 119.